The number of carbonyl (C=O) groups is 2. The van der Waals surface area contributed by atoms with Gasteiger partial charge in [0, 0.05) is 18.9 Å². The molecule has 0 radical (unpaired) electrons. The Morgan fingerprint density at radius 1 is 1.17 bits per heavy atom. The summed E-state index contributed by atoms with van der Waals surface area (Å²) in [7, 11) is 1.57. The van der Waals surface area contributed by atoms with Crippen LogP contribution in [-0.2, 0) is 19.9 Å². The molecule has 1 unspecified atom stereocenters. The lowest BCUT2D eigenvalue weighted by molar-refractivity contribution is -0.155. The summed E-state index contributed by atoms with van der Waals surface area (Å²) < 4.78 is 10.5. The van der Waals surface area contributed by atoms with Crippen LogP contribution in [0, 0.1) is 0 Å². The summed E-state index contributed by atoms with van der Waals surface area (Å²) in [5.41, 5.74) is -1.09. The molecular formula is C18H22N2O4. The van der Waals surface area contributed by atoms with Crippen molar-refractivity contribution in [3.8, 4) is 5.75 Å². The molecule has 1 aromatic carbocycles. The molecule has 1 atom stereocenters. The zero-order chi connectivity index (χ0) is 17.8. The largest absolute Gasteiger partial charge is 0.497 e. The zero-order valence-corrected chi connectivity index (χ0v) is 14.4. The Balaban J connectivity index is 2.25. The van der Waals surface area contributed by atoms with E-state index in [4.69, 9.17) is 9.47 Å². The maximum Gasteiger partial charge on any atom is 0.306 e. The van der Waals surface area contributed by atoms with Crippen molar-refractivity contribution in [3.63, 3.8) is 0 Å². The van der Waals surface area contributed by atoms with E-state index in [2.05, 4.69) is 9.98 Å². The minimum atomic E-state index is -1.20. The molecule has 6 heteroatoms. The number of methoxy groups -OCH3 is 1. The molecule has 1 aromatic rings. The minimum absolute atomic E-state index is 0.0713. The molecule has 128 valence electrons. The maximum absolute atomic E-state index is 12.5. The highest BCUT2D eigenvalue weighted by Gasteiger charge is 2.41. The fourth-order valence-corrected chi connectivity index (χ4v) is 2.48. The predicted molar refractivity (Wildman–Crippen MR) is 91.7 cm³/mol. The summed E-state index contributed by atoms with van der Waals surface area (Å²) in [4.78, 5) is 32.7. The van der Waals surface area contributed by atoms with Crippen molar-refractivity contribution in [1.29, 1.82) is 0 Å². The fraction of sp³-hybridized carbons (Fsp3) is 0.444. The van der Waals surface area contributed by atoms with Crippen LogP contribution in [0.2, 0.25) is 0 Å². The van der Waals surface area contributed by atoms with E-state index >= 15 is 0 Å². The molecule has 1 heterocycles. The number of aliphatic imine (C=N–C) groups is 2. The van der Waals surface area contributed by atoms with Gasteiger partial charge in [-0.3, -0.25) is 14.6 Å². The number of amides is 1. The fourth-order valence-electron chi connectivity index (χ4n) is 2.48. The summed E-state index contributed by atoms with van der Waals surface area (Å²) in [6.45, 7) is 5.41. The smallest absolute Gasteiger partial charge is 0.306 e. The molecule has 0 N–H and O–H groups in total. The van der Waals surface area contributed by atoms with Crippen molar-refractivity contribution in [3.05, 3.63) is 29.8 Å². The SMILES string of the molecule is COc1ccc(C2(CCC(=O)OC(C)(C)C)N=CC=NC2=O)cc1. The molecular weight excluding hydrogens is 308 g/mol. The van der Waals surface area contributed by atoms with Crippen LogP contribution in [0.3, 0.4) is 0 Å². The van der Waals surface area contributed by atoms with Gasteiger partial charge in [0.1, 0.15) is 11.4 Å². The molecule has 0 bridgehead atoms. The Labute approximate surface area is 141 Å². The number of hydrogen-bond acceptors (Lipinski definition) is 5. The third kappa shape index (κ3) is 4.07. The van der Waals surface area contributed by atoms with Gasteiger partial charge in [-0.15, -0.1) is 0 Å². The first-order valence-electron chi connectivity index (χ1n) is 7.75. The van der Waals surface area contributed by atoms with Crippen LogP contribution in [0.5, 0.6) is 5.75 Å². The second kappa shape index (κ2) is 6.95. The lowest BCUT2D eigenvalue weighted by atomic mass is 9.84. The molecule has 0 saturated heterocycles. The second-order valence-electron chi connectivity index (χ2n) is 6.54. The molecule has 1 amide bonds. The van der Waals surface area contributed by atoms with E-state index in [1.54, 1.807) is 52.1 Å². The van der Waals surface area contributed by atoms with Crippen molar-refractivity contribution >= 4 is 24.3 Å². The molecule has 0 saturated carbocycles. The van der Waals surface area contributed by atoms with Gasteiger partial charge in [0.05, 0.1) is 7.11 Å². The van der Waals surface area contributed by atoms with E-state index in [1.165, 1.54) is 12.4 Å². The van der Waals surface area contributed by atoms with E-state index in [0.29, 0.717) is 11.3 Å². The highest BCUT2D eigenvalue weighted by atomic mass is 16.6. The quantitative estimate of drug-likeness (QED) is 0.778. The van der Waals surface area contributed by atoms with E-state index in [-0.39, 0.29) is 18.8 Å². The lowest BCUT2D eigenvalue weighted by Crippen LogP contribution is -2.36. The van der Waals surface area contributed by atoms with Crippen LogP contribution < -0.4 is 4.74 Å². The molecule has 1 aliphatic heterocycles. The van der Waals surface area contributed by atoms with Gasteiger partial charge in [0.25, 0.3) is 5.91 Å². The number of carbonyl (C=O) groups excluding carboxylic acids is 2. The normalized spacial score (nSPS) is 20.1. The van der Waals surface area contributed by atoms with Crippen LogP contribution >= 0.6 is 0 Å². The first-order chi connectivity index (χ1) is 11.3. The van der Waals surface area contributed by atoms with Gasteiger partial charge in [0.2, 0.25) is 0 Å². The predicted octanol–water partition coefficient (Wildman–Crippen LogP) is 2.69. The van der Waals surface area contributed by atoms with Gasteiger partial charge in [-0.05, 0) is 44.9 Å². The number of ether oxygens (including phenoxy) is 2. The van der Waals surface area contributed by atoms with Gasteiger partial charge in [-0.1, -0.05) is 12.1 Å². The van der Waals surface area contributed by atoms with Gasteiger partial charge >= 0.3 is 5.97 Å². The lowest BCUT2D eigenvalue weighted by Gasteiger charge is -2.29. The Hall–Kier alpha value is -2.50. The molecule has 24 heavy (non-hydrogen) atoms. The Bertz CT molecular complexity index is 671. The average Bonchev–Trinajstić information content (AvgIpc) is 2.53. The van der Waals surface area contributed by atoms with Crippen LogP contribution in [-0.4, -0.2) is 37.0 Å². The highest BCUT2D eigenvalue weighted by molar-refractivity contribution is 6.22. The topological polar surface area (TPSA) is 77.3 Å². The van der Waals surface area contributed by atoms with Gasteiger partial charge in [0.15, 0.2) is 5.54 Å². The summed E-state index contributed by atoms with van der Waals surface area (Å²) in [6, 6.07) is 7.05. The summed E-state index contributed by atoms with van der Waals surface area (Å²) in [5.74, 6) is -0.0801. The van der Waals surface area contributed by atoms with E-state index in [0.717, 1.165) is 0 Å². The van der Waals surface area contributed by atoms with Crippen LogP contribution in [0.1, 0.15) is 39.2 Å². The first kappa shape index (κ1) is 17.8. The molecule has 6 nitrogen and oxygen atoms in total. The maximum atomic E-state index is 12.5. The zero-order valence-electron chi connectivity index (χ0n) is 14.4. The monoisotopic (exact) mass is 330 g/mol. The first-order valence-corrected chi connectivity index (χ1v) is 7.75. The van der Waals surface area contributed by atoms with Crippen molar-refractivity contribution < 1.29 is 19.1 Å². The van der Waals surface area contributed by atoms with Crippen molar-refractivity contribution in [2.75, 3.05) is 7.11 Å². The minimum Gasteiger partial charge on any atom is -0.497 e. The number of nitrogens with zero attached hydrogens (tertiary/aromatic N) is 2. The molecule has 0 aliphatic carbocycles. The van der Waals surface area contributed by atoms with Crippen LogP contribution in [0.25, 0.3) is 0 Å². The van der Waals surface area contributed by atoms with E-state index in [9.17, 15) is 9.59 Å². The van der Waals surface area contributed by atoms with Crippen molar-refractivity contribution in [2.24, 2.45) is 9.98 Å². The third-order valence-corrected chi connectivity index (χ3v) is 3.59. The number of esters is 1. The molecule has 2 rings (SSSR count). The molecule has 0 fully saturated rings. The summed E-state index contributed by atoms with van der Waals surface area (Å²) in [5, 5.41) is 0. The Morgan fingerprint density at radius 2 is 1.83 bits per heavy atom. The Morgan fingerprint density at radius 3 is 2.38 bits per heavy atom. The van der Waals surface area contributed by atoms with E-state index < -0.39 is 17.0 Å². The number of benzene rings is 1. The Kier molecular flexibility index (Phi) is 5.17. The summed E-state index contributed by atoms with van der Waals surface area (Å²) >= 11 is 0. The number of rotatable bonds is 5. The molecule has 0 aromatic heterocycles. The van der Waals surface area contributed by atoms with Crippen molar-refractivity contribution in [2.45, 2.75) is 44.8 Å². The molecule has 1 aliphatic rings. The summed E-state index contributed by atoms with van der Waals surface area (Å²) in [6.07, 6.45) is 3.11. The average molecular weight is 330 g/mol. The van der Waals surface area contributed by atoms with Gasteiger partial charge in [-0.2, -0.15) is 0 Å². The highest BCUT2D eigenvalue weighted by Crippen LogP contribution is 2.35. The number of hydrogen-bond donors (Lipinski definition) is 0. The third-order valence-electron chi connectivity index (χ3n) is 3.59. The van der Waals surface area contributed by atoms with Gasteiger partial charge < -0.3 is 9.47 Å². The van der Waals surface area contributed by atoms with Gasteiger partial charge in [-0.25, -0.2) is 4.99 Å². The van der Waals surface area contributed by atoms with Crippen molar-refractivity contribution in [1.82, 2.24) is 0 Å². The van der Waals surface area contributed by atoms with Crippen LogP contribution in [0.4, 0.5) is 0 Å². The molecule has 0 spiro atoms. The standard InChI is InChI=1S/C18H22N2O4/c1-17(2,3)24-15(21)9-10-18(16(22)19-11-12-20-18)13-5-7-14(23-4)8-6-13/h5-8,11-12H,9-10H2,1-4H3. The van der Waals surface area contributed by atoms with E-state index in [1.807, 2.05) is 0 Å². The second-order valence-corrected chi connectivity index (χ2v) is 6.54. The van der Waals surface area contributed by atoms with Crippen LogP contribution in [0.15, 0.2) is 34.3 Å².